The lowest BCUT2D eigenvalue weighted by Gasteiger charge is -2.12. The van der Waals surface area contributed by atoms with Crippen molar-refractivity contribution in [1.82, 2.24) is 0 Å². The minimum Gasteiger partial charge on any atom is -0.460 e. The van der Waals surface area contributed by atoms with Crippen LogP contribution in [0.5, 0.6) is 0 Å². The SMILES string of the molecule is CC1CC(OC(=O)COC2CCCC2)C(=O)O1. The van der Waals surface area contributed by atoms with Gasteiger partial charge in [0.1, 0.15) is 12.7 Å². The Kier molecular flexibility index (Phi) is 3.99. The zero-order valence-electron chi connectivity index (χ0n) is 10.0. The van der Waals surface area contributed by atoms with Gasteiger partial charge in [0.05, 0.1) is 6.10 Å². The van der Waals surface area contributed by atoms with Gasteiger partial charge in [0.2, 0.25) is 6.10 Å². The summed E-state index contributed by atoms with van der Waals surface area (Å²) in [5.41, 5.74) is 0. The zero-order valence-corrected chi connectivity index (χ0v) is 10.0. The minimum atomic E-state index is -0.746. The topological polar surface area (TPSA) is 61.8 Å². The van der Waals surface area contributed by atoms with Crippen molar-refractivity contribution in [2.45, 2.75) is 57.3 Å². The maximum absolute atomic E-state index is 11.5. The summed E-state index contributed by atoms with van der Waals surface area (Å²) >= 11 is 0. The summed E-state index contributed by atoms with van der Waals surface area (Å²) in [6, 6.07) is 0. The van der Waals surface area contributed by atoms with E-state index in [1.807, 2.05) is 0 Å². The van der Waals surface area contributed by atoms with Crippen molar-refractivity contribution in [3.8, 4) is 0 Å². The first kappa shape index (κ1) is 12.4. The number of cyclic esters (lactones) is 1. The molecule has 2 atom stereocenters. The van der Waals surface area contributed by atoms with E-state index >= 15 is 0 Å². The first-order chi connectivity index (χ1) is 8.15. The summed E-state index contributed by atoms with van der Waals surface area (Å²) in [5.74, 6) is -0.931. The second-order valence-corrected chi connectivity index (χ2v) is 4.68. The maximum Gasteiger partial charge on any atom is 0.347 e. The Labute approximate surface area is 100 Å². The molecule has 2 fully saturated rings. The molecule has 1 aliphatic heterocycles. The molecule has 1 heterocycles. The summed E-state index contributed by atoms with van der Waals surface area (Å²) in [4.78, 5) is 22.7. The van der Waals surface area contributed by atoms with E-state index in [0.717, 1.165) is 25.7 Å². The first-order valence-corrected chi connectivity index (χ1v) is 6.16. The van der Waals surface area contributed by atoms with Crippen molar-refractivity contribution >= 4 is 11.9 Å². The van der Waals surface area contributed by atoms with Gasteiger partial charge in [-0.25, -0.2) is 9.59 Å². The molecule has 0 bridgehead atoms. The molecule has 1 saturated carbocycles. The van der Waals surface area contributed by atoms with Crippen LogP contribution in [0, 0.1) is 0 Å². The molecule has 1 aliphatic carbocycles. The Balaban J connectivity index is 1.68. The highest BCUT2D eigenvalue weighted by Gasteiger charge is 2.35. The van der Waals surface area contributed by atoms with Crippen molar-refractivity contribution in [2.75, 3.05) is 6.61 Å². The molecule has 0 N–H and O–H groups in total. The lowest BCUT2D eigenvalue weighted by Crippen LogP contribution is -2.26. The van der Waals surface area contributed by atoms with Crippen LogP contribution in [0.4, 0.5) is 0 Å². The predicted molar refractivity (Wildman–Crippen MR) is 58.3 cm³/mol. The van der Waals surface area contributed by atoms with Crippen molar-refractivity contribution in [3.63, 3.8) is 0 Å². The molecule has 5 heteroatoms. The summed E-state index contributed by atoms with van der Waals surface area (Å²) in [6.07, 6.45) is 4.04. The monoisotopic (exact) mass is 242 g/mol. The molecule has 0 aromatic carbocycles. The van der Waals surface area contributed by atoms with Crippen molar-refractivity contribution in [3.05, 3.63) is 0 Å². The average Bonchev–Trinajstić information content (AvgIpc) is 2.87. The number of hydrogen-bond acceptors (Lipinski definition) is 5. The van der Waals surface area contributed by atoms with Gasteiger partial charge < -0.3 is 14.2 Å². The van der Waals surface area contributed by atoms with E-state index in [0.29, 0.717) is 6.42 Å². The normalized spacial score (nSPS) is 29.4. The largest absolute Gasteiger partial charge is 0.460 e. The van der Waals surface area contributed by atoms with Gasteiger partial charge >= 0.3 is 11.9 Å². The number of rotatable bonds is 4. The molecule has 1 saturated heterocycles. The molecule has 0 radical (unpaired) electrons. The molecule has 0 amide bonds. The second-order valence-electron chi connectivity index (χ2n) is 4.68. The van der Waals surface area contributed by atoms with Gasteiger partial charge in [-0.3, -0.25) is 0 Å². The molecule has 5 nitrogen and oxygen atoms in total. The molecule has 0 spiro atoms. The smallest absolute Gasteiger partial charge is 0.347 e. The molecule has 0 aromatic rings. The highest BCUT2D eigenvalue weighted by molar-refractivity contribution is 5.81. The molecular weight excluding hydrogens is 224 g/mol. The van der Waals surface area contributed by atoms with Crippen LogP contribution in [-0.2, 0) is 23.8 Å². The third kappa shape index (κ3) is 3.43. The Morgan fingerprint density at radius 3 is 2.71 bits per heavy atom. The van der Waals surface area contributed by atoms with Gasteiger partial charge in [0, 0.05) is 6.42 Å². The van der Waals surface area contributed by atoms with E-state index in [1.54, 1.807) is 6.92 Å². The predicted octanol–water partition coefficient (Wildman–Crippen LogP) is 1.19. The summed E-state index contributed by atoms with van der Waals surface area (Å²) in [6.45, 7) is 1.71. The fourth-order valence-corrected chi connectivity index (χ4v) is 2.25. The Morgan fingerprint density at radius 1 is 1.41 bits per heavy atom. The number of carbonyl (C=O) groups excluding carboxylic acids is 2. The van der Waals surface area contributed by atoms with Gasteiger partial charge in [-0.15, -0.1) is 0 Å². The number of ether oxygens (including phenoxy) is 3. The van der Waals surface area contributed by atoms with Gasteiger partial charge in [0.15, 0.2) is 0 Å². The minimum absolute atomic E-state index is 0.0666. The summed E-state index contributed by atoms with van der Waals surface area (Å²) < 4.78 is 15.3. The number of esters is 2. The zero-order chi connectivity index (χ0) is 12.3. The van der Waals surface area contributed by atoms with Crippen LogP contribution in [0.1, 0.15) is 39.0 Å². The van der Waals surface area contributed by atoms with E-state index in [1.165, 1.54) is 0 Å². The van der Waals surface area contributed by atoms with Gasteiger partial charge in [-0.2, -0.15) is 0 Å². The van der Waals surface area contributed by atoms with E-state index in [-0.39, 0.29) is 18.8 Å². The maximum atomic E-state index is 11.5. The lowest BCUT2D eigenvalue weighted by atomic mass is 10.2. The third-order valence-electron chi connectivity index (χ3n) is 3.14. The Hall–Kier alpha value is -1.10. The van der Waals surface area contributed by atoms with Gasteiger partial charge in [-0.05, 0) is 19.8 Å². The number of carbonyl (C=O) groups is 2. The fourth-order valence-electron chi connectivity index (χ4n) is 2.25. The second kappa shape index (κ2) is 5.49. The highest BCUT2D eigenvalue weighted by Crippen LogP contribution is 2.21. The van der Waals surface area contributed by atoms with Crippen LogP contribution in [0.3, 0.4) is 0 Å². The van der Waals surface area contributed by atoms with Crippen LogP contribution in [0.2, 0.25) is 0 Å². The molecule has 2 unspecified atom stereocenters. The Bertz CT molecular complexity index is 295. The molecule has 17 heavy (non-hydrogen) atoms. The van der Waals surface area contributed by atoms with Gasteiger partial charge in [0.25, 0.3) is 0 Å². The van der Waals surface area contributed by atoms with Crippen LogP contribution in [-0.4, -0.2) is 36.9 Å². The Morgan fingerprint density at radius 2 is 2.12 bits per heavy atom. The highest BCUT2D eigenvalue weighted by atomic mass is 16.6. The van der Waals surface area contributed by atoms with Crippen LogP contribution in [0.25, 0.3) is 0 Å². The van der Waals surface area contributed by atoms with E-state index in [2.05, 4.69) is 0 Å². The first-order valence-electron chi connectivity index (χ1n) is 6.16. The summed E-state index contributed by atoms with van der Waals surface area (Å²) in [7, 11) is 0. The van der Waals surface area contributed by atoms with E-state index in [4.69, 9.17) is 14.2 Å². The molecular formula is C12H18O5. The standard InChI is InChI=1S/C12H18O5/c1-8-6-10(12(14)16-8)17-11(13)7-15-9-4-2-3-5-9/h8-10H,2-7H2,1H3. The molecule has 0 aromatic heterocycles. The average molecular weight is 242 g/mol. The molecule has 2 rings (SSSR count). The summed E-state index contributed by atoms with van der Waals surface area (Å²) in [5, 5.41) is 0. The van der Waals surface area contributed by atoms with E-state index in [9.17, 15) is 9.59 Å². The molecule has 96 valence electrons. The van der Waals surface area contributed by atoms with Crippen molar-refractivity contribution < 1.29 is 23.8 Å². The van der Waals surface area contributed by atoms with Gasteiger partial charge in [-0.1, -0.05) is 12.8 Å². The van der Waals surface area contributed by atoms with Crippen molar-refractivity contribution in [2.24, 2.45) is 0 Å². The van der Waals surface area contributed by atoms with Crippen LogP contribution < -0.4 is 0 Å². The third-order valence-corrected chi connectivity index (χ3v) is 3.14. The molecule has 2 aliphatic rings. The van der Waals surface area contributed by atoms with Crippen LogP contribution >= 0.6 is 0 Å². The fraction of sp³-hybridized carbons (Fsp3) is 0.833. The lowest BCUT2D eigenvalue weighted by molar-refractivity contribution is -0.165. The van der Waals surface area contributed by atoms with E-state index < -0.39 is 18.0 Å². The van der Waals surface area contributed by atoms with Crippen LogP contribution in [0.15, 0.2) is 0 Å². The quantitative estimate of drug-likeness (QED) is 0.693. The van der Waals surface area contributed by atoms with Crippen molar-refractivity contribution in [1.29, 1.82) is 0 Å². The number of hydrogen-bond donors (Lipinski definition) is 0.